The van der Waals surface area contributed by atoms with Gasteiger partial charge in [0.15, 0.2) is 0 Å². The number of aromatic amines is 1. The third-order valence-electron chi connectivity index (χ3n) is 7.65. The molecule has 4 heterocycles. The lowest BCUT2D eigenvalue weighted by molar-refractivity contribution is -0.133. The summed E-state index contributed by atoms with van der Waals surface area (Å²) in [5.41, 5.74) is 8.96. The molecule has 4 aromatic rings. The molecule has 0 spiro atoms. The highest BCUT2D eigenvalue weighted by molar-refractivity contribution is 5.93. The Morgan fingerprint density at radius 2 is 1.68 bits per heavy atom. The maximum absolute atomic E-state index is 12.8. The molecule has 5 rings (SSSR count). The van der Waals surface area contributed by atoms with Gasteiger partial charge in [-0.2, -0.15) is 0 Å². The van der Waals surface area contributed by atoms with Gasteiger partial charge in [-0.1, -0.05) is 25.5 Å². The quantitative estimate of drug-likeness (QED) is 0.355. The Hall–Kier alpha value is -3.71. The van der Waals surface area contributed by atoms with Crippen molar-refractivity contribution in [2.45, 2.75) is 46.6 Å². The van der Waals surface area contributed by atoms with Crippen LogP contribution in [0.3, 0.4) is 0 Å². The van der Waals surface area contributed by atoms with E-state index in [2.05, 4.69) is 76.5 Å². The highest BCUT2D eigenvalue weighted by Crippen LogP contribution is 2.33. The summed E-state index contributed by atoms with van der Waals surface area (Å²) >= 11 is 0. The summed E-state index contributed by atoms with van der Waals surface area (Å²) in [5.74, 6) is 1.17. The summed E-state index contributed by atoms with van der Waals surface area (Å²) in [7, 11) is 1.87. The van der Waals surface area contributed by atoms with E-state index in [-0.39, 0.29) is 11.9 Å². The summed E-state index contributed by atoms with van der Waals surface area (Å²) in [6, 6.07) is 15.0. The van der Waals surface area contributed by atoms with Gasteiger partial charge in [-0.3, -0.25) is 9.78 Å². The van der Waals surface area contributed by atoms with Crippen LogP contribution in [0, 0.1) is 20.8 Å². The van der Waals surface area contributed by atoms with Crippen molar-refractivity contribution in [3.05, 3.63) is 65.6 Å². The molecule has 0 radical (unpaired) electrons. The van der Waals surface area contributed by atoms with Crippen LogP contribution in [-0.4, -0.2) is 65.0 Å². The molecule has 1 fully saturated rings. The first kappa shape index (κ1) is 25.9. The van der Waals surface area contributed by atoms with Crippen LogP contribution in [0.4, 0.5) is 5.82 Å². The Bertz CT molecular complexity index is 1410. The Balaban J connectivity index is 1.30. The van der Waals surface area contributed by atoms with Crippen molar-refractivity contribution >= 4 is 22.6 Å². The van der Waals surface area contributed by atoms with Crippen LogP contribution in [0.2, 0.25) is 0 Å². The molecular weight excluding hydrogens is 472 g/mol. The van der Waals surface area contributed by atoms with Gasteiger partial charge in [-0.05, 0) is 75.7 Å². The number of fused-ring (bicyclic) bond motifs is 1. The molecule has 38 heavy (non-hydrogen) atoms. The Kier molecular flexibility index (Phi) is 7.47. The number of aryl methyl sites for hydroxylation is 3. The fraction of sp³-hybridized carbons (Fsp3) is 0.387. The SMILES string of the molecule is CCC[C@H](NC)C(=O)N1CCN(c2ccc(-c3ccc4c(C)c(-c5cc(C)nc(C)c5)[nH]c4c3)cn2)CC1. The second-order valence-electron chi connectivity index (χ2n) is 10.4. The van der Waals surface area contributed by atoms with Crippen LogP contribution in [0.1, 0.15) is 36.7 Å². The van der Waals surface area contributed by atoms with Crippen LogP contribution >= 0.6 is 0 Å². The van der Waals surface area contributed by atoms with Crippen molar-refractivity contribution in [2.24, 2.45) is 0 Å². The summed E-state index contributed by atoms with van der Waals surface area (Å²) in [4.78, 5) is 30.0. The number of benzene rings is 1. The zero-order chi connectivity index (χ0) is 26.8. The van der Waals surface area contributed by atoms with Crippen molar-refractivity contribution in [2.75, 3.05) is 38.1 Å². The first-order chi connectivity index (χ1) is 18.4. The average molecular weight is 511 g/mol. The number of carbonyl (C=O) groups excluding carboxylic acids is 1. The number of pyridine rings is 2. The van der Waals surface area contributed by atoms with Crippen LogP contribution in [0.15, 0.2) is 48.7 Å². The maximum atomic E-state index is 12.8. The number of nitrogens with one attached hydrogen (secondary N) is 2. The van der Waals surface area contributed by atoms with Gasteiger partial charge in [0.2, 0.25) is 5.91 Å². The van der Waals surface area contributed by atoms with Crippen molar-refractivity contribution in [3.63, 3.8) is 0 Å². The molecule has 198 valence electrons. The summed E-state index contributed by atoms with van der Waals surface area (Å²) < 4.78 is 0. The molecule has 1 atom stereocenters. The molecule has 1 aromatic carbocycles. The smallest absolute Gasteiger partial charge is 0.239 e. The van der Waals surface area contributed by atoms with E-state index < -0.39 is 0 Å². The van der Waals surface area contributed by atoms with Gasteiger partial charge >= 0.3 is 0 Å². The minimum absolute atomic E-state index is 0.0845. The van der Waals surface area contributed by atoms with E-state index in [4.69, 9.17) is 4.98 Å². The van der Waals surface area contributed by atoms with E-state index in [1.165, 1.54) is 16.5 Å². The highest BCUT2D eigenvalue weighted by atomic mass is 16.2. The topological polar surface area (TPSA) is 77.2 Å². The molecule has 2 N–H and O–H groups in total. The van der Waals surface area contributed by atoms with Crippen LogP contribution in [0.5, 0.6) is 0 Å². The lowest BCUT2D eigenvalue weighted by Gasteiger charge is -2.37. The third-order valence-corrected chi connectivity index (χ3v) is 7.65. The lowest BCUT2D eigenvalue weighted by atomic mass is 10.0. The molecular formula is C31H38N6O. The number of amides is 1. The predicted molar refractivity (Wildman–Crippen MR) is 156 cm³/mol. The molecule has 0 saturated carbocycles. The minimum Gasteiger partial charge on any atom is -0.354 e. The van der Waals surface area contributed by atoms with Crippen LogP contribution in [-0.2, 0) is 4.79 Å². The Morgan fingerprint density at radius 1 is 0.974 bits per heavy atom. The largest absolute Gasteiger partial charge is 0.354 e. The summed E-state index contributed by atoms with van der Waals surface area (Å²) in [5, 5.41) is 4.40. The number of anilines is 1. The van der Waals surface area contributed by atoms with E-state index in [9.17, 15) is 4.79 Å². The van der Waals surface area contributed by atoms with Crippen LogP contribution in [0.25, 0.3) is 33.3 Å². The lowest BCUT2D eigenvalue weighted by Crippen LogP contribution is -2.53. The Labute approximate surface area is 225 Å². The molecule has 7 nitrogen and oxygen atoms in total. The number of aromatic nitrogens is 3. The molecule has 1 aliphatic heterocycles. The number of hydrogen-bond donors (Lipinski definition) is 2. The van der Waals surface area contributed by atoms with Gasteiger partial charge in [-0.15, -0.1) is 0 Å². The number of H-pyrrole nitrogens is 1. The zero-order valence-corrected chi connectivity index (χ0v) is 23.1. The van der Waals surface area contributed by atoms with E-state index in [1.54, 1.807) is 0 Å². The first-order valence-electron chi connectivity index (χ1n) is 13.6. The normalized spacial score (nSPS) is 14.8. The molecule has 1 saturated heterocycles. The monoisotopic (exact) mass is 510 g/mol. The molecule has 7 heteroatoms. The fourth-order valence-electron chi connectivity index (χ4n) is 5.58. The number of likely N-dealkylation sites (N-methyl/N-ethyl adjacent to an activating group) is 1. The van der Waals surface area contributed by atoms with Gasteiger partial charge in [0.1, 0.15) is 5.82 Å². The van der Waals surface area contributed by atoms with Gasteiger partial charge in [-0.25, -0.2) is 4.98 Å². The molecule has 1 aliphatic rings. The van der Waals surface area contributed by atoms with Crippen molar-refractivity contribution in [1.29, 1.82) is 0 Å². The maximum Gasteiger partial charge on any atom is 0.239 e. The minimum atomic E-state index is -0.0845. The first-order valence-corrected chi connectivity index (χ1v) is 13.6. The van der Waals surface area contributed by atoms with E-state index in [0.29, 0.717) is 0 Å². The molecule has 1 amide bonds. The predicted octanol–water partition coefficient (Wildman–Crippen LogP) is 5.25. The fourth-order valence-corrected chi connectivity index (χ4v) is 5.58. The van der Waals surface area contributed by atoms with E-state index >= 15 is 0 Å². The standard InChI is InChI=1S/C31H38N6O/c1-6-7-27(32-5)31(38)37-14-12-36(13-15-37)29-11-9-24(19-33-29)23-8-10-26-22(4)30(35-28(26)18-23)25-16-20(2)34-21(3)17-25/h8-11,16-19,27,32,35H,6-7,12-15H2,1-5H3/t27-/m0/s1. The van der Waals surface area contributed by atoms with E-state index in [1.807, 2.05) is 32.0 Å². The molecule has 0 unspecified atom stereocenters. The van der Waals surface area contributed by atoms with Crippen molar-refractivity contribution in [3.8, 4) is 22.4 Å². The van der Waals surface area contributed by atoms with Crippen molar-refractivity contribution in [1.82, 2.24) is 25.2 Å². The highest BCUT2D eigenvalue weighted by Gasteiger charge is 2.26. The number of hydrogen-bond acceptors (Lipinski definition) is 5. The average Bonchev–Trinajstić information content (AvgIpc) is 3.26. The molecule has 0 bridgehead atoms. The zero-order valence-electron chi connectivity index (χ0n) is 23.1. The van der Waals surface area contributed by atoms with Gasteiger partial charge in [0, 0.05) is 71.5 Å². The Morgan fingerprint density at radius 3 is 2.32 bits per heavy atom. The molecule has 0 aliphatic carbocycles. The third kappa shape index (κ3) is 5.16. The van der Waals surface area contributed by atoms with Crippen molar-refractivity contribution < 1.29 is 4.79 Å². The number of piperazine rings is 1. The number of rotatable bonds is 7. The van der Waals surface area contributed by atoms with E-state index in [0.717, 1.165) is 78.6 Å². The number of carbonyl (C=O) groups is 1. The van der Waals surface area contributed by atoms with Gasteiger partial charge < -0.3 is 20.1 Å². The van der Waals surface area contributed by atoms with Crippen LogP contribution < -0.4 is 10.2 Å². The second kappa shape index (κ2) is 11.0. The summed E-state index contributed by atoms with van der Waals surface area (Å²) in [6.45, 7) is 11.4. The number of nitrogens with zero attached hydrogens (tertiary/aromatic N) is 4. The summed E-state index contributed by atoms with van der Waals surface area (Å²) in [6.07, 6.45) is 3.82. The van der Waals surface area contributed by atoms with Gasteiger partial charge in [0.25, 0.3) is 0 Å². The van der Waals surface area contributed by atoms with Gasteiger partial charge in [0.05, 0.1) is 6.04 Å². The molecule has 3 aromatic heterocycles. The second-order valence-corrected chi connectivity index (χ2v) is 10.4.